The molecule has 0 fully saturated rings. The molecule has 0 spiro atoms. The van der Waals surface area contributed by atoms with Crippen molar-refractivity contribution in [2.75, 3.05) is 6.61 Å². The van der Waals surface area contributed by atoms with Gasteiger partial charge in [0.05, 0.1) is 5.92 Å². The molecule has 0 aliphatic carbocycles. The van der Waals surface area contributed by atoms with Crippen molar-refractivity contribution in [3.8, 4) is 5.75 Å². The minimum absolute atomic E-state index is 0.243. The summed E-state index contributed by atoms with van der Waals surface area (Å²) in [5.41, 5.74) is 0.990. The monoisotopic (exact) mass is 291 g/mol. The van der Waals surface area contributed by atoms with Gasteiger partial charge in [-0.2, -0.15) is 0 Å². The molecule has 0 aromatic heterocycles. The molecule has 0 radical (unpaired) electrons. The van der Waals surface area contributed by atoms with Crippen LogP contribution in [0.25, 0.3) is 0 Å². The molecule has 1 amide bonds. The molecule has 0 saturated carbocycles. The van der Waals surface area contributed by atoms with Gasteiger partial charge in [0.15, 0.2) is 0 Å². The molecule has 1 heterocycles. The lowest BCUT2D eigenvalue weighted by atomic mass is 9.95. The van der Waals surface area contributed by atoms with Crippen LogP contribution in [0, 0.1) is 5.92 Å². The quantitative estimate of drug-likeness (QED) is 0.840. The number of hydrogen-bond donors (Lipinski definition) is 2. The van der Waals surface area contributed by atoms with E-state index in [1.807, 2.05) is 31.2 Å². The van der Waals surface area contributed by atoms with Gasteiger partial charge in [-0.05, 0) is 24.5 Å². The van der Waals surface area contributed by atoms with Gasteiger partial charge in [0.2, 0.25) is 5.91 Å². The van der Waals surface area contributed by atoms with Gasteiger partial charge < -0.3 is 15.2 Å². The van der Waals surface area contributed by atoms with E-state index in [9.17, 15) is 9.59 Å². The molecule has 1 aliphatic heterocycles. The average Bonchev–Trinajstić information content (AvgIpc) is 2.50. The SMILES string of the molecule is CCCCC(NC(=O)C1COc2ccccc2C1)C(=O)O. The van der Waals surface area contributed by atoms with Crippen molar-refractivity contribution >= 4 is 11.9 Å². The summed E-state index contributed by atoms with van der Waals surface area (Å²) in [4.78, 5) is 23.4. The highest BCUT2D eigenvalue weighted by molar-refractivity contribution is 5.85. The van der Waals surface area contributed by atoms with Crippen LogP contribution in [-0.2, 0) is 16.0 Å². The lowest BCUT2D eigenvalue weighted by molar-refractivity contribution is -0.143. The molecule has 1 aromatic carbocycles. The summed E-state index contributed by atoms with van der Waals surface area (Å²) in [7, 11) is 0. The predicted molar refractivity (Wildman–Crippen MR) is 78.2 cm³/mol. The van der Waals surface area contributed by atoms with E-state index >= 15 is 0 Å². The third-order valence-corrected chi connectivity index (χ3v) is 3.71. The molecule has 0 saturated heterocycles. The number of unbranched alkanes of at least 4 members (excludes halogenated alkanes) is 1. The van der Waals surface area contributed by atoms with Crippen LogP contribution in [0.4, 0.5) is 0 Å². The predicted octanol–water partition coefficient (Wildman–Crippen LogP) is 2.00. The van der Waals surface area contributed by atoms with Gasteiger partial charge in [-0.25, -0.2) is 4.79 Å². The van der Waals surface area contributed by atoms with Gasteiger partial charge in [-0.15, -0.1) is 0 Å². The summed E-state index contributed by atoms with van der Waals surface area (Å²) in [5, 5.41) is 11.8. The number of carbonyl (C=O) groups is 2. The Labute approximate surface area is 124 Å². The number of carboxylic acids is 1. The summed E-state index contributed by atoms with van der Waals surface area (Å²) in [6.45, 7) is 2.29. The molecule has 5 heteroatoms. The Morgan fingerprint density at radius 3 is 2.90 bits per heavy atom. The number of carboxylic acid groups (broad SMARTS) is 1. The van der Waals surface area contributed by atoms with Crippen molar-refractivity contribution in [3.05, 3.63) is 29.8 Å². The van der Waals surface area contributed by atoms with Crippen molar-refractivity contribution in [2.45, 2.75) is 38.6 Å². The largest absolute Gasteiger partial charge is 0.492 e. The molecule has 2 unspecified atom stereocenters. The van der Waals surface area contributed by atoms with E-state index in [2.05, 4.69) is 5.32 Å². The molecule has 2 atom stereocenters. The second-order valence-corrected chi connectivity index (χ2v) is 5.36. The number of carbonyl (C=O) groups excluding carboxylic acids is 1. The molecule has 2 N–H and O–H groups in total. The van der Waals surface area contributed by atoms with Crippen LogP contribution in [0.5, 0.6) is 5.75 Å². The van der Waals surface area contributed by atoms with Gasteiger partial charge in [0, 0.05) is 0 Å². The highest BCUT2D eigenvalue weighted by Gasteiger charge is 2.28. The van der Waals surface area contributed by atoms with Crippen molar-refractivity contribution in [2.24, 2.45) is 5.92 Å². The van der Waals surface area contributed by atoms with Crippen LogP contribution in [0.1, 0.15) is 31.7 Å². The zero-order chi connectivity index (χ0) is 15.2. The summed E-state index contributed by atoms with van der Waals surface area (Å²) in [6, 6.07) is 6.80. The molecular formula is C16H21NO4. The zero-order valence-corrected chi connectivity index (χ0v) is 12.2. The third kappa shape index (κ3) is 3.97. The molecule has 21 heavy (non-hydrogen) atoms. The summed E-state index contributed by atoms with van der Waals surface area (Å²) >= 11 is 0. The molecule has 1 aromatic rings. The zero-order valence-electron chi connectivity index (χ0n) is 12.2. The Hall–Kier alpha value is -2.04. The van der Waals surface area contributed by atoms with Crippen LogP contribution in [0.2, 0.25) is 0 Å². The van der Waals surface area contributed by atoms with Gasteiger partial charge in [0.1, 0.15) is 18.4 Å². The number of nitrogens with one attached hydrogen (secondary N) is 1. The van der Waals surface area contributed by atoms with E-state index < -0.39 is 12.0 Å². The first kappa shape index (κ1) is 15.4. The number of ether oxygens (including phenoxy) is 1. The van der Waals surface area contributed by atoms with Crippen molar-refractivity contribution in [1.82, 2.24) is 5.32 Å². The lowest BCUT2D eigenvalue weighted by Crippen LogP contribution is -2.46. The second-order valence-electron chi connectivity index (χ2n) is 5.36. The van der Waals surface area contributed by atoms with Crippen molar-refractivity contribution in [1.29, 1.82) is 0 Å². The summed E-state index contributed by atoms with van der Waals surface area (Å²) < 4.78 is 5.57. The fourth-order valence-corrected chi connectivity index (χ4v) is 2.45. The Morgan fingerprint density at radius 2 is 2.19 bits per heavy atom. The number of fused-ring (bicyclic) bond motifs is 1. The first-order valence-corrected chi connectivity index (χ1v) is 7.35. The first-order valence-electron chi connectivity index (χ1n) is 7.35. The Kier molecular flexibility index (Phi) is 5.20. The maximum absolute atomic E-state index is 12.2. The van der Waals surface area contributed by atoms with E-state index in [0.717, 1.165) is 24.2 Å². The number of para-hydroxylation sites is 1. The topological polar surface area (TPSA) is 75.6 Å². The number of aliphatic carboxylic acids is 1. The second kappa shape index (κ2) is 7.11. The van der Waals surface area contributed by atoms with E-state index in [0.29, 0.717) is 19.4 Å². The number of rotatable bonds is 6. The minimum atomic E-state index is -0.978. The molecular weight excluding hydrogens is 270 g/mol. The maximum Gasteiger partial charge on any atom is 0.326 e. The van der Waals surface area contributed by atoms with E-state index in [-0.39, 0.29) is 11.8 Å². The van der Waals surface area contributed by atoms with Crippen molar-refractivity contribution in [3.63, 3.8) is 0 Å². The minimum Gasteiger partial charge on any atom is -0.492 e. The Bertz CT molecular complexity index is 515. The van der Waals surface area contributed by atoms with E-state index in [4.69, 9.17) is 9.84 Å². The Balaban J connectivity index is 1.96. The first-order chi connectivity index (χ1) is 10.1. The normalized spacial score (nSPS) is 18.2. The third-order valence-electron chi connectivity index (χ3n) is 3.71. The lowest BCUT2D eigenvalue weighted by Gasteiger charge is -2.25. The Morgan fingerprint density at radius 1 is 1.43 bits per heavy atom. The summed E-state index contributed by atoms with van der Waals surface area (Å²) in [5.74, 6) is -0.743. The van der Waals surface area contributed by atoms with Crippen LogP contribution in [0.3, 0.4) is 0 Å². The van der Waals surface area contributed by atoms with Crippen LogP contribution < -0.4 is 10.1 Å². The summed E-state index contributed by atoms with van der Waals surface area (Å²) in [6.07, 6.45) is 2.73. The molecule has 0 bridgehead atoms. The fraction of sp³-hybridized carbons (Fsp3) is 0.500. The smallest absolute Gasteiger partial charge is 0.326 e. The van der Waals surface area contributed by atoms with Crippen LogP contribution >= 0.6 is 0 Å². The standard InChI is InChI=1S/C16H21NO4/c1-2-3-7-13(16(19)20)17-15(18)12-9-11-6-4-5-8-14(11)21-10-12/h4-6,8,12-13H,2-3,7,9-10H2,1H3,(H,17,18)(H,19,20). The van der Waals surface area contributed by atoms with Gasteiger partial charge >= 0.3 is 5.97 Å². The molecule has 1 aliphatic rings. The van der Waals surface area contributed by atoms with Crippen molar-refractivity contribution < 1.29 is 19.4 Å². The highest BCUT2D eigenvalue weighted by Crippen LogP contribution is 2.26. The molecule has 2 rings (SSSR count). The maximum atomic E-state index is 12.2. The van der Waals surface area contributed by atoms with E-state index in [1.165, 1.54) is 0 Å². The van der Waals surface area contributed by atoms with Gasteiger partial charge in [0.25, 0.3) is 0 Å². The number of amides is 1. The van der Waals surface area contributed by atoms with E-state index in [1.54, 1.807) is 0 Å². The van der Waals surface area contributed by atoms with Crippen LogP contribution in [0.15, 0.2) is 24.3 Å². The highest BCUT2D eigenvalue weighted by atomic mass is 16.5. The molecule has 5 nitrogen and oxygen atoms in total. The number of benzene rings is 1. The van der Waals surface area contributed by atoms with Crippen LogP contribution in [-0.4, -0.2) is 29.6 Å². The average molecular weight is 291 g/mol. The van der Waals surface area contributed by atoms with Gasteiger partial charge in [-0.1, -0.05) is 38.0 Å². The fourth-order valence-electron chi connectivity index (χ4n) is 2.45. The van der Waals surface area contributed by atoms with Gasteiger partial charge in [-0.3, -0.25) is 4.79 Å². The molecule has 114 valence electrons. The number of hydrogen-bond acceptors (Lipinski definition) is 3.